The average molecular weight is 278 g/mol. The molecule has 0 aromatic heterocycles. The first-order valence-corrected chi connectivity index (χ1v) is 7.64. The molecule has 0 unspecified atom stereocenters. The topological polar surface area (TPSA) is 68.2 Å². The third kappa shape index (κ3) is 3.50. The van der Waals surface area contributed by atoms with Crippen molar-refractivity contribution in [3.8, 4) is 6.07 Å². The van der Waals surface area contributed by atoms with Gasteiger partial charge in [0.05, 0.1) is 12.6 Å². The van der Waals surface area contributed by atoms with Crippen LogP contribution in [-0.2, 0) is 4.79 Å². The standard InChI is InChI=1S/C15H26N4O/c1-14(17-2)7-9-19(10-8-14)11-13(20)18-15(12-16)5-3-4-6-15/h17H,3-11H2,1-2H3,(H,18,20). The predicted octanol–water partition coefficient (Wildman–Crippen LogP) is 1.01. The van der Waals surface area contributed by atoms with Crippen LogP contribution in [0.15, 0.2) is 0 Å². The van der Waals surface area contributed by atoms with Crippen LogP contribution >= 0.6 is 0 Å². The highest BCUT2D eigenvalue weighted by Gasteiger charge is 2.36. The molecule has 1 saturated heterocycles. The van der Waals surface area contributed by atoms with Crippen molar-refractivity contribution in [1.82, 2.24) is 15.5 Å². The van der Waals surface area contributed by atoms with Crippen LogP contribution in [0.2, 0.25) is 0 Å². The zero-order valence-electron chi connectivity index (χ0n) is 12.7. The maximum absolute atomic E-state index is 12.1. The third-order valence-corrected chi connectivity index (χ3v) is 4.98. The molecule has 1 heterocycles. The van der Waals surface area contributed by atoms with Crippen molar-refractivity contribution in [3.63, 3.8) is 0 Å². The number of nitrogens with zero attached hydrogens (tertiary/aromatic N) is 2. The first-order valence-electron chi connectivity index (χ1n) is 7.64. The Kier molecular flexibility index (Phi) is 4.66. The monoisotopic (exact) mass is 278 g/mol. The van der Waals surface area contributed by atoms with Crippen molar-refractivity contribution < 1.29 is 4.79 Å². The van der Waals surface area contributed by atoms with E-state index in [1.807, 2.05) is 7.05 Å². The fourth-order valence-corrected chi connectivity index (χ4v) is 3.21. The van der Waals surface area contributed by atoms with Crippen molar-refractivity contribution in [2.75, 3.05) is 26.7 Å². The molecule has 1 amide bonds. The highest BCUT2D eigenvalue weighted by atomic mass is 16.2. The second-order valence-electron chi connectivity index (χ2n) is 6.54. The van der Waals surface area contributed by atoms with Crippen LogP contribution in [0.4, 0.5) is 0 Å². The Morgan fingerprint density at radius 2 is 1.85 bits per heavy atom. The van der Waals surface area contributed by atoms with Crippen LogP contribution in [0.5, 0.6) is 0 Å². The highest BCUT2D eigenvalue weighted by Crippen LogP contribution is 2.29. The quantitative estimate of drug-likeness (QED) is 0.805. The summed E-state index contributed by atoms with van der Waals surface area (Å²) in [6.07, 6.45) is 5.79. The molecule has 2 aliphatic rings. The van der Waals surface area contributed by atoms with Crippen molar-refractivity contribution in [1.29, 1.82) is 5.26 Å². The molecular formula is C15H26N4O. The molecule has 1 aliphatic carbocycles. The third-order valence-electron chi connectivity index (χ3n) is 4.98. The lowest BCUT2D eigenvalue weighted by atomic mass is 9.90. The van der Waals surface area contributed by atoms with E-state index in [1.54, 1.807) is 0 Å². The summed E-state index contributed by atoms with van der Waals surface area (Å²) < 4.78 is 0. The van der Waals surface area contributed by atoms with Gasteiger partial charge in [0.1, 0.15) is 5.54 Å². The molecule has 0 radical (unpaired) electrons. The molecular weight excluding hydrogens is 252 g/mol. The van der Waals surface area contributed by atoms with E-state index in [9.17, 15) is 10.1 Å². The Labute approximate surface area is 121 Å². The Balaban J connectivity index is 1.80. The summed E-state index contributed by atoms with van der Waals surface area (Å²) in [7, 11) is 2.00. The molecule has 1 aliphatic heterocycles. The normalized spacial score (nSPS) is 25.1. The summed E-state index contributed by atoms with van der Waals surface area (Å²) in [5.41, 5.74) is -0.390. The first-order chi connectivity index (χ1) is 9.51. The summed E-state index contributed by atoms with van der Waals surface area (Å²) >= 11 is 0. The number of rotatable bonds is 4. The molecule has 0 atom stereocenters. The molecule has 2 rings (SSSR count). The van der Waals surface area contributed by atoms with Crippen LogP contribution in [0.1, 0.15) is 45.4 Å². The number of carbonyl (C=O) groups is 1. The number of hydrogen-bond acceptors (Lipinski definition) is 4. The maximum Gasteiger partial charge on any atom is 0.235 e. The summed E-state index contributed by atoms with van der Waals surface area (Å²) in [6.45, 7) is 4.52. The van der Waals surface area contributed by atoms with Gasteiger partial charge in [-0.05, 0) is 52.5 Å². The Morgan fingerprint density at radius 1 is 1.25 bits per heavy atom. The van der Waals surface area contributed by atoms with E-state index in [1.165, 1.54) is 0 Å². The summed E-state index contributed by atoms with van der Waals surface area (Å²) in [5.74, 6) is 0.00140. The van der Waals surface area contributed by atoms with Gasteiger partial charge in [0, 0.05) is 18.6 Å². The van der Waals surface area contributed by atoms with Gasteiger partial charge in [-0.15, -0.1) is 0 Å². The van der Waals surface area contributed by atoms with Crippen LogP contribution in [0, 0.1) is 11.3 Å². The lowest BCUT2D eigenvalue weighted by Gasteiger charge is -2.39. The van der Waals surface area contributed by atoms with Crippen molar-refractivity contribution in [2.45, 2.75) is 56.5 Å². The molecule has 20 heavy (non-hydrogen) atoms. The van der Waals surface area contributed by atoms with Crippen molar-refractivity contribution >= 4 is 5.91 Å². The fraction of sp³-hybridized carbons (Fsp3) is 0.867. The molecule has 5 heteroatoms. The maximum atomic E-state index is 12.1. The van der Waals surface area contributed by atoms with Gasteiger partial charge in [-0.2, -0.15) is 5.26 Å². The average Bonchev–Trinajstić information content (AvgIpc) is 2.91. The molecule has 2 fully saturated rings. The van der Waals surface area contributed by atoms with Crippen LogP contribution in [0.25, 0.3) is 0 Å². The Hall–Kier alpha value is -1.12. The van der Waals surface area contributed by atoms with Gasteiger partial charge >= 0.3 is 0 Å². The minimum absolute atomic E-state index is 0.00140. The van der Waals surface area contributed by atoms with E-state index >= 15 is 0 Å². The largest absolute Gasteiger partial charge is 0.337 e. The number of amides is 1. The van der Waals surface area contributed by atoms with Crippen molar-refractivity contribution in [2.24, 2.45) is 0 Å². The summed E-state index contributed by atoms with van der Waals surface area (Å²) in [4.78, 5) is 14.3. The number of nitriles is 1. The van der Waals surface area contributed by atoms with E-state index in [4.69, 9.17) is 0 Å². The van der Waals surface area contributed by atoms with E-state index < -0.39 is 5.54 Å². The second-order valence-corrected chi connectivity index (χ2v) is 6.54. The smallest absolute Gasteiger partial charge is 0.235 e. The van der Waals surface area contributed by atoms with Gasteiger partial charge in [-0.1, -0.05) is 0 Å². The molecule has 0 aromatic rings. The van der Waals surface area contributed by atoms with Crippen LogP contribution in [0.3, 0.4) is 0 Å². The van der Waals surface area contributed by atoms with Gasteiger partial charge in [-0.25, -0.2) is 0 Å². The Bertz CT molecular complexity index is 387. The molecule has 112 valence electrons. The molecule has 0 spiro atoms. The summed E-state index contributed by atoms with van der Waals surface area (Å²) in [5, 5.41) is 15.6. The number of hydrogen-bond donors (Lipinski definition) is 2. The van der Waals surface area contributed by atoms with Crippen molar-refractivity contribution in [3.05, 3.63) is 0 Å². The zero-order valence-corrected chi connectivity index (χ0v) is 12.7. The molecule has 5 nitrogen and oxygen atoms in total. The second kappa shape index (κ2) is 6.11. The van der Waals surface area contributed by atoms with Gasteiger partial charge in [-0.3, -0.25) is 9.69 Å². The highest BCUT2D eigenvalue weighted by molar-refractivity contribution is 5.79. The van der Waals surface area contributed by atoms with Crippen LogP contribution in [-0.4, -0.2) is 48.6 Å². The number of carbonyl (C=O) groups excluding carboxylic acids is 1. The number of nitrogens with one attached hydrogen (secondary N) is 2. The fourth-order valence-electron chi connectivity index (χ4n) is 3.21. The lowest BCUT2D eigenvalue weighted by Crippen LogP contribution is -2.53. The molecule has 2 N–H and O–H groups in total. The van der Waals surface area contributed by atoms with Gasteiger partial charge in [0.25, 0.3) is 0 Å². The SMILES string of the molecule is CNC1(C)CCN(CC(=O)NC2(C#N)CCCC2)CC1. The molecule has 0 aromatic carbocycles. The minimum atomic E-state index is -0.591. The van der Waals surface area contributed by atoms with Gasteiger partial charge in [0.15, 0.2) is 0 Å². The predicted molar refractivity (Wildman–Crippen MR) is 78.1 cm³/mol. The lowest BCUT2D eigenvalue weighted by molar-refractivity contribution is -0.124. The molecule has 0 bridgehead atoms. The number of piperidine rings is 1. The zero-order chi connectivity index (χ0) is 14.6. The van der Waals surface area contributed by atoms with Gasteiger partial charge in [0.2, 0.25) is 5.91 Å². The van der Waals surface area contributed by atoms with E-state index in [0.717, 1.165) is 51.6 Å². The minimum Gasteiger partial charge on any atom is -0.337 e. The first kappa shape index (κ1) is 15.3. The van der Waals surface area contributed by atoms with E-state index in [0.29, 0.717) is 6.54 Å². The number of likely N-dealkylation sites (tertiary alicyclic amines) is 1. The van der Waals surface area contributed by atoms with Crippen LogP contribution < -0.4 is 10.6 Å². The van der Waals surface area contributed by atoms with E-state index in [-0.39, 0.29) is 11.4 Å². The molecule has 1 saturated carbocycles. The van der Waals surface area contributed by atoms with Gasteiger partial charge < -0.3 is 10.6 Å². The Morgan fingerprint density at radius 3 is 2.35 bits per heavy atom. The summed E-state index contributed by atoms with van der Waals surface area (Å²) in [6, 6.07) is 2.31. The van der Waals surface area contributed by atoms with E-state index in [2.05, 4.69) is 28.5 Å².